The molecule has 0 saturated carbocycles. The van der Waals surface area contributed by atoms with Crippen LogP contribution in [0.3, 0.4) is 0 Å². The Bertz CT molecular complexity index is 1080. The molecule has 0 aromatic carbocycles. The van der Waals surface area contributed by atoms with Gasteiger partial charge in [-0.3, -0.25) is 0 Å². The summed E-state index contributed by atoms with van der Waals surface area (Å²) in [5.41, 5.74) is -5.32. The average molecular weight is 636 g/mol. The lowest BCUT2D eigenvalue weighted by Gasteiger charge is -2.36. The van der Waals surface area contributed by atoms with Crippen LogP contribution in [0.25, 0.3) is 0 Å². The second-order valence-electron chi connectivity index (χ2n) is 14.9. The molecule has 1 unspecified atom stereocenters. The number of hydrogen-bond acceptors (Lipinski definition) is 10. The number of nitrogens with one attached hydrogen (secondary N) is 3. The van der Waals surface area contributed by atoms with Crippen molar-refractivity contribution in [3.05, 3.63) is 0 Å². The van der Waals surface area contributed by atoms with Crippen molar-refractivity contribution in [2.45, 2.75) is 156 Å². The zero-order valence-corrected chi connectivity index (χ0v) is 29.1. The van der Waals surface area contributed by atoms with E-state index < -0.39 is 69.0 Å². The number of hydrogen-bond donors (Lipinski definition) is 3. The molecule has 0 radical (unpaired) electrons. The third-order valence-corrected chi connectivity index (χ3v) is 7.61. The molecule has 0 aromatic heterocycles. The summed E-state index contributed by atoms with van der Waals surface area (Å²) in [4.78, 5) is 38.7. The molecule has 0 spiro atoms. The van der Waals surface area contributed by atoms with Crippen molar-refractivity contribution in [3.8, 4) is 0 Å². The average Bonchev–Trinajstić information content (AvgIpc) is 2.92. The minimum atomic E-state index is -4.36. The van der Waals surface area contributed by atoms with E-state index in [2.05, 4.69) is 10.0 Å². The quantitative estimate of drug-likeness (QED) is 0.119. The Hall–Kier alpha value is -2.10. The van der Waals surface area contributed by atoms with Crippen molar-refractivity contribution in [2.24, 2.45) is 0 Å². The molecule has 250 valence electrons. The highest BCUT2D eigenvalue weighted by molar-refractivity contribution is 7.88. The summed E-state index contributed by atoms with van der Waals surface area (Å²) in [6, 6.07) is 0. The summed E-state index contributed by atoms with van der Waals surface area (Å²) in [6.45, 7) is 22.4. The Balaban J connectivity index is 3.17. The van der Waals surface area contributed by atoms with Gasteiger partial charge in [0, 0.05) is 6.54 Å². The Morgan fingerprint density at radius 3 is 1.65 bits per heavy atom. The van der Waals surface area contributed by atoms with Crippen LogP contribution in [0.1, 0.15) is 116 Å². The Morgan fingerprint density at radius 1 is 0.721 bits per heavy atom. The number of ether oxygens (including phenoxy) is 3. The maximum Gasteiger partial charge on any atom is 0.457 e. The molecule has 43 heavy (non-hydrogen) atoms. The highest BCUT2D eigenvalue weighted by Gasteiger charge is 2.51. The first-order chi connectivity index (χ1) is 19.1. The lowest BCUT2D eigenvalue weighted by atomic mass is 9.80. The molecule has 13 nitrogen and oxygen atoms in total. The fraction of sp³-hybridized carbons (Fsp3) is 0.893. The topological polar surface area (TPSA) is 168 Å². The normalized spacial score (nSPS) is 18.4. The Morgan fingerprint density at radius 2 is 1.19 bits per heavy atom. The number of carbonyl (C=O) groups excluding carboxylic acids is 3. The number of rotatable bonds is 12. The molecule has 1 aliphatic heterocycles. The molecule has 1 saturated heterocycles. The van der Waals surface area contributed by atoms with Crippen LogP contribution in [-0.4, -0.2) is 73.8 Å². The summed E-state index contributed by atoms with van der Waals surface area (Å²) in [7, 11) is -4.80. The predicted octanol–water partition coefficient (Wildman–Crippen LogP) is 4.60. The number of alkyl carbamates (subject to hydrolysis) is 1. The minimum Gasteiger partial charge on any atom is -0.458 e. The fourth-order valence-corrected chi connectivity index (χ4v) is 4.75. The Kier molecular flexibility index (Phi) is 12.6. The van der Waals surface area contributed by atoms with Crippen molar-refractivity contribution in [2.75, 3.05) is 6.54 Å². The second-order valence-corrected chi connectivity index (χ2v) is 16.4. The van der Waals surface area contributed by atoms with Gasteiger partial charge in [0.25, 0.3) is 0 Å². The number of amides is 2. The highest BCUT2D eigenvalue weighted by atomic mass is 32.2. The zero-order chi connectivity index (χ0) is 33.7. The lowest BCUT2D eigenvalue weighted by Crippen LogP contribution is -2.59. The van der Waals surface area contributed by atoms with Gasteiger partial charge in [0.1, 0.15) is 22.3 Å². The van der Waals surface area contributed by atoms with E-state index in [-0.39, 0.29) is 19.4 Å². The Labute approximate surface area is 258 Å². The molecule has 3 N–H and O–H groups in total. The van der Waals surface area contributed by atoms with Crippen LogP contribution < -0.4 is 14.8 Å². The SMILES string of the molecule is CC(C)(C)OC(=O)NC(CCCCB1OC(C)(C)C(C)(C)O1)(CCNS(=O)(=O)NC(=O)OC(C)(C)C)C(=O)OC(C)(C)C. The predicted molar refractivity (Wildman–Crippen MR) is 164 cm³/mol. The number of esters is 1. The molecular formula is C28H54BN3O10S. The smallest absolute Gasteiger partial charge is 0.457 e. The van der Waals surface area contributed by atoms with Gasteiger partial charge in [-0.1, -0.05) is 12.8 Å². The van der Waals surface area contributed by atoms with Crippen molar-refractivity contribution in [1.29, 1.82) is 0 Å². The molecule has 1 atom stereocenters. The van der Waals surface area contributed by atoms with Gasteiger partial charge < -0.3 is 28.8 Å². The van der Waals surface area contributed by atoms with Gasteiger partial charge in [-0.05, 0) is 109 Å². The minimum absolute atomic E-state index is 0.0991. The van der Waals surface area contributed by atoms with E-state index in [1.807, 2.05) is 27.7 Å². The standard InChI is InChI=1S/C28H54BN3O10S/c1-23(2,3)38-20(33)28(31-21(34)39-24(4,5)6,16-14-15-18-29-41-26(10,11)27(12,13)42-29)17-19-30-43(36,37)32-22(35)40-25(7,8)9/h30H,14-19H2,1-13H3,(H,31,34)(H,32,35). The van der Waals surface area contributed by atoms with Crippen LogP contribution in [0.4, 0.5) is 9.59 Å². The molecule has 0 aliphatic carbocycles. The molecule has 1 aliphatic rings. The highest BCUT2D eigenvalue weighted by Crippen LogP contribution is 2.38. The van der Waals surface area contributed by atoms with Crippen LogP contribution in [0.15, 0.2) is 0 Å². The molecule has 1 rings (SSSR count). The maximum absolute atomic E-state index is 13.7. The van der Waals surface area contributed by atoms with Gasteiger partial charge >= 0.3 is 35.5 Å². The van der Waals surface area contributed by atoms with Crippen LogP contribution in [0, 0.1) is 0 Å². The maximum atomic E-state index is 13.7. The van der Waals surface area contributed by atoms with Gasteiger partial charge in [0.2, 0.25) is 0 Å². The molecule has 0 aromatic rings. The van der Waals surface area contributed by atoms with E-state index in [4.69, 9.17) is 23.5 Å². The van der Waals surface area contributed by atoms with E-state index in [1.54, 1.807) is 67.0 Å². The van der Waals surface area contributed by atoms with Gasteiger partial charge in [-0.2, -0.15) is 13.1 Å². The summed E-state index contributed by atoms with van der Waals surface area (Å²) in [5, 5.41) is 2.68. The molecular weight excluding hydrogens is 581 g/mol. The van der Waals surface area contributed by atoms with Crippen molar-refractivity contribution >= 4 is 35.5 Å². The third kappa shape index (κ3) is 14.0. The van der Waals surface area contributed by atoms with E-state index in [9.17, 15) is 22.8 Å². The largest absolute Gasteiger partial charge is 0.458 e. The van der Waals surface area contributed by atoms with Crippen LogP contribution in [-0.2, 0) is 38.5 Å². The first kappa shape index (κ1) is 38.9. The fourth-order valence-electron chi connectivity index (χ4n) is 4.04. The summed E-state index contributed by atoms with van der Waals surface area (Å²) < 4.78 is 57.4. The van der Waals surface area contributed by atoms with E-state index in [0.29, 0.717) is 19.2 Å². The molecule has 0 bridgehead atoms. The van der Waals surface area contributed by atoms with Crippen molar-refractivity contribution < 1.29 is 46.3 Å². The summed E-state index contributed by atoms with van der Waals surface area (Å²) >= 11 is 0. The van der Waals surface area contributed by atoms with Crippen LogP contribution >= 0.6 is 0 Å². The van der Waals surface area contributed by atoms with Gasteiger partial charge in [0.05, 0.1) is 11.2 Å². The molecule has 15 heteroatoms. The van der Waals surface area contributed by atoms with Crippen LogP contribution in [0.2, 0.25) is 6.32 Å². The third-order valence-electron chi connectivity index (χ3n) is 6.59. The van der Waals surface area contributed by atoms with E-state index in [1.165, 1.54) is 0 Å². The van der Waals surface area contributed by atoms with Gasteiger partial charge in [-0.25, -0.2) is 19.1 Å². The van der Waals surface area contributed by atoms with Crippen molar-refractivity contribution in [3.63, 3.8) is 0 Å². The van der Waals surface area contributed by atoms with Gasteiger partial charge in [-0.15, -0.1) is 0 Å². The first-order valence-electron chi connectivity index (χ1n) is 14.7. The zero-order valence-electron chi connectivity index (χ0n) is 28.3. The van der Waals surface area contributed by atoms with Crippen LogP contribution in [0.5, 0.6) is 0 Å². The first-order valence-corrected chi connectivity index (χ1v) is 16.2. The van der Waals surface area contributed by atoms with E-state index >= 15 is 0 Å². The number of carbonyl (C=O) groups is 3. The molecule has 1 heterocycles. The number of unbranched alkanes of at least 4 members (excludes halogenated alkanes) is 1. The van der Waals surface area contributed by atoms with E-state index in [0.717, 1.165) is 0 Å². The summed E-state index contributed by atoms with van der Waals surface area (Å²) in [5.74, 6) is -0.749. The lowest BCUT2D eigenvalue weighted by molar-refractivity contribution is -0.164. The molecule has 2 amide bonds. The summed E-state index contributed by atoms with van der Waals surface area (Å²) in [6.07, 6.45) is -0.581. The van der Waals surface area contributed by atoms with Gasteiger partial charge in [0.15, 0.2) is 0 Å². The van der Waals surface area contributed by atoms with Crippen molar-refractivity contribution in [1.82, 2.24) is 14.8 Å². The molecule has 1 fully saturated rings. The second kappa shape index (κ2) is 13.9. The monoisotopic (exact) mass is 635 g/mol.